The molecule has 142 valence electrons. The first-order valence-electron chi connectivity index (χ1n) is 9.33. The molecule has 0 unspecified atom stereocenters. The molecule has 1 saturated heterocycles. The number of fused-ring (bicyclic) bond motifs is 1. The van der Waals surface area contributed by atoms with Crippen LogP contribution in [0.15, 0.2) is 61.4 Å². The Bertz CT molecular complexity index is 1010. The summed E-state index contributed by atoms with van der Waals surface area (Å²) < 4.78 is 0. The lowest BCUT2D eigenvalue weighted by atomic mass is 10.0. The number of nitrogens with one attached hydrogen (secondary N) is 1. The molecule has 6 heteroatoms. The topological polar surface area (TPSA) is 58.1 Å². The Labute approximate surface area is 169 Å². The van der Waals surface area contributed by atoms with Gasteiger partial charge >= 0.3 is 0 Å². The molecule has 0 aliphatic carbocycles. The van der Waals surface area contributed by atoms with E-state index < -0.39 is 0 Å². The number of hydrogen-bond acceptors (Lipinski definition) is 4. The largest absolute Gasteiger partial charge is 0.356 e. The summed E-state index contributed by atoms with van der Waals surface area (Å²) in [6, 6.07) is 14.2. The van der Waals surface area contributed by atoms with Crippen molar-refractivity contribution in [3.8, 4) is 11.1 Å². The van der Waals surface area contributed by atoms with Crippen molar-refractivity contribution in [1.82, 2.24) is 15.3 Å². The first kappa shape index (κ1) is 18.4. The van der Waals surface area contributed by atoms with Gasteiger partial charge in [-0.2, -0.15) is 0 Å². The molecule has 0 radical (unpaired) electrons. The molecule has 0 bridgehead atoms. The number of halogens is 1. The minimum Gasteiger partial charge on any atom is -0.356 e. The van der Waals surface area contributed by atoms with Crippen LogP contribution in [-0.4, -0.2) is 35.0 Å². The molecular formula is C22H21ClN4O. The third kappa shape index (κ3) is 3.71. The second-order valence-electron chi connectivity index (χ2n) is 6.89. The number of aromatic nitrogens is 2. The van der Waals surface area contributed by atoms with Crippen molar-refractivity contribution in [2.75, 3.05) is 18.0 Å². The van der Waals surface area contributed by atoms with Gasteiger partial charge in [-0.3, -0.25) is 4.79 Å². The van der Waals surface area contributed by atoms with Gasteiger partial charge in [0.15, 0.2) is 0 Å². The number of carbonyl (C=O) groups is 1. The normalized spacial score (nSPS) is 14.8. The molecule has 1 N–H and O–H groups in total. The van der Waals surface area contributed by atoms with Gasteiger partial charge in [0, 0.05) is 35.1 Å². The van der Waals surface area contributed by atoms with E-state index in [-0.39, 0.29) is 11.9 Å². The summed E-state index contributed by atoms with van der Waals surface area (Å²) in [6.45, 7) is 5.13. The maximum absolute atomic E-state index is 11.5. The van der Waals surface area contributed by atoms with Gasteiger partial charge in [-0.1, -0.05) is 48.5 Å². The van der Waals surface area contributed by atoms with Crippen LogP contribution in [0, 0.1) is 0 Å². The zero-order valence-electron chi connectivity index (χ0n) is 15.4. The number of carbonyl (C=O) groups excluding carboxylic acids is 1. The molecule has 0 saturated carbocycles. The van der Waals surface area contributed by atoms with Gasteiger partial charge in [-0.05, 0) is 36.6 Å². The van der Waals surface area contributed by atoms with Crippen molar-refractivity contribution in [2.24, 2.45) is 0 Å². The summed E-state index contributed by atoms with van der Waals surface area (Å²) in [5, 5.41) is 4.60. The SMILES string of the molecule is C=CC(=O)NC1CCN(c2ncnc3cc(-c4ccccc4)c(Cl)cc23)CC1. The Balaban J connectivity index is 1.62. The second kappa shape index (κ2) is 7.98. The van der Waals surface area contributed by atoms with Gasteiger partial charge in [0.2, 0.25) is 5.91 Å². The van der Waals surface area contributed by atoms with Gasteiger partial charge in [0.05, 0.1) is 5.52 Å². The predicted octanol–water partition coefficient (Wildman–Crippen LogP) is 4.22. The van der Waals surface area contributed by atoms with Crippen molar-refractivity contribution < 1.29 is 4.79 Å². The van der Waals surface area contributed by atoms with Crippen molar-refractivity contribution >= 4 is 34.2 Å². The fraction of sp³-hybridized carbons (Fsp3) is 0.227. The van der Waals surface area contributed by atoms with Crippen LogP contribution in [-0.2, 0) is 4.79 Å². The van der Waals surface area contributed by atoms with E-state index in [1.165, 1.54) is 6.08 Å². The smallest absolute Gasteiger partial charge is 0.243 e. The number of rotatable bonds is 4. The number of benzene rings is 2. The highest BCUT2D eigenvalue weighted by Crippen LogP contribution is 2.35. The van der Waals surface area contributed by atoms with E-state index >= 15 is 0 Å². The van der Waals surface area contributed by atoms with E-state index in [0.29, 0.717) is 5.02 Å². The van der Waals surface area contributed by atoms with E-state index in [0.717, 1.165) is 53.8 Å². The van der Waals surface area contributed by atoms with Crippen molar-refractivity contribution in [3.63, 3.8) is 0 Å². The van der Waals surface area contributed by atoms with Crippen LogP contribution in [0.25, 0.3) is 22.0 Å². The Hall–Kier alpha value is -2.92. The highest BCUT2D eigenvalue weighted by Gasteiger charge is 2.22. The Morgan fingerprint density at radius 2 is 1.93 bits per heavy atom. The Morgan fingerprint density at radius 3 is 2.64 bits per heavy atom. The predicted molar refractivity (Wildman–Crippen MR) is 114 cm³/mol. The quantitative estimate of drug-likeness (QED) is 0.675. The second-order valence-corrected chi connectivity index (χ2v) is 7.29. The van der Waals surface area contributed by atoms with Crippen molar-refractivity contribution in [1.29, 1.82) is 0 Å². The summed E-state index contributed by atoms with van der Waals surface area (Å²) in [7, 11) is 0. The molecule has 2 aromatic carbocycles. The summed E-state index contributed by atoms with van der Waals surface area (Å²) in [4.78, 5) is 22.7. The van der Waals surface area contributed by atoms with Gasteiger partial charge < -0.3 is 10.2 Å². The zero-order chi connectivity index (χ0) is 19.5. The molecule has 5 nitrogen and oxygen atoms in total. The van der Waals surface area contributed by atoms with E-state index in [1.807, 2.05) is 42.5 Å². The number of hydrogen-bond donors (Lipinski definition) is 1. The number of amides is 1. The lowest BCUT2D eigenvalue weighted by molar-refractivity contribution is -0.117. The molecule has 4 rings (SSSR count). The van der Waals surface area contributed by atoms with Gasteiger partial charge in [-0.25, -0.2) is 9.97 Å². The minimum atomic E-state index is -0.119. The van der Waals surface area contributed by atoms with Crippen LogP contribution >= 0.6 is 11.6 Å². The van der Waals surface area contributed by atoms with E-state index in [2.05, 4.69) is 26.8 Å². The molecular weight excluding hydrogens is 372 g/mol. The van der Waals surface area contributed by atoms with Crippen molar-refractivity contribution in [2.45, 2.75) is 18.9 Å². The summed E-state index contributed by atoms with van der Waals surface area (Å²) in [5.74, 6) is 0.770. The average Bonchev–Trinajstić information content (AvgIpc) is 2.74. The fourth-order valence-electron chi connectivity index (χ4n) is 3.65. The van der Waals surface area contributed by atoms with Crippen LogP contribution < -0.4 is 10.2 Å². The van der Waals surface area contributed by atoms with Gasteiger partial charge in [0.1, 0.15) is 12.1 Å². The molecule has 1 aromatic heterocycles. The molecule has 1 aliphatic heterocycles. The van der Waals surface area contributed by atoms with Gasteiger partial charge in [0.25, 0.3) is 0 Å². The lowest BCUT2D eigenvalue weighted by Gasteiger charge is -2.33. The third-order valence-corrected chi connectivity index (χ3v) is 5.43. The highest BCUT2D eigenvalue weighted by atomic mass is 35.5. The molecule has 1 amide bonds. The van der Waals surface area contributed by atoms with Gasteiger partial charge in [-0.15, -0.1) is 0 Å². The highest BCUT2D eigenvalue weighted by molar-refractivity contribution is 6.34. The average molecular weight is 393 g/mol. The molecule has 28 heavy (non-hydrogen) atoms. The zero-order valence-corrected chi connectivity index (χ0v) is 16.2. The van der Waals surface area contributed by atoms with Crippen LogP contribution in [0.2, 0.25) is 5.02 Å². The minimum absolute atomic E-state index is 0.119. The standard InChI is InChI=1S/C22H21ClN4O/c1-2-21(28)26-16-8-10-27(11-9-16)22-18-12-19(23)17(13-20(18)24-14-25-22)15-6-4-3-5-7-15/h2-7,12-14,16H,1,8-11H2,(H,26,28). The van der Waals surface area contributed by atoms with E-state index in [9.17, 15) is 4.79 Å². The molecule has 0 spiro atoms. The molecule has 1 aliphatic rings. The van der Waals surface area contributed by atoms with E-state index in [1.54, 1.807) is 6.33 Å². The summed E-state index contributed by atoms with van der Waals surface area (Å²) in [5.41, 5.74) is 2.90. The van der Waals surface area contributed by atoms with Crippen molar-refractivity contribution in [3.05, 3.63) is 66.5 Å². The number of nitrogens with zero attached hydrogens (tertiary/aromatic N) is 3. The van der Waals surface area contributed by atoms with Crippen LogP contribution in [0.3, 0.4) is 0 Å². The maximum Gasteiger partial charge on any atom is 0.243 e. The van der Waals surface area contributed by atoms with E-state index in [4.69, 9.17) is 11.6 Å². The lowest BCUT2D eigenvalue weighted by Crippen LogP contribution is -2.44. The number of piperidine rings is 1. The first-order chi connectivity index (χ1) is 13.7. The first-order valence-corrected chi connectivity index (χ1v) is 9.71. The summed E-state index contributed by atoms with van der Waals surface area (Å²) >= 11 is 6.61. The Kier molecular flexibility index (Phi) is 5.26. The monoisotopic (exact) mass is 392 g/mol. The molecule has 3 aromatic rings. The third-order valence-electron chi connectivity index (χ3n) is 5.11. The Morgan fingerprint density at radius 1 is 1.18 bits per heavy atom. The molecule has 2 heterocycles. The summed E-state index contributed by atoms with van der Waals surface area (Å²) in [6.07, 6.45) is 4.64. The van der Waals surface area contributed by atoms with Crippen LogP contribution in [0.1, 0.15) is 12.8 Å². The maximum atomic E-state index is 11.5. The molecule has 0 atom stereocenters. The number of anilines is 1. The van der Waals surface area contributed by atoms with Crippen LogP contribution in [0.5, 0.6) is 0 Å². The molecule has 1 fully saturated rings. The van der Waals surface area contributed by atoms with Crippen LogP contribution in [0.4, 0.5) is 5.82 Å². The fourth-order valence-corrected chi connectivity index (χ4v) is 3.92.